The lowest BCUT2D eigenvalue weighted by molar-refractivity contribution is -0.137. The van der Waals surface area contributed by atoms with E-state index in [1.807, 2.05) is 11.8 Å². The highest BCUT2D eigenvalue weighted by molar-refractivity contribution is 8.01. The van der Waals surface area contributed by atoms with Gasteiger partial charge in [0, 0.05) is 36.0 Å². The van der Waals surface area contributed by atoms with Gasteiger partial charge in [-0.3, -0.25) is 0 Å². The van der Waals surface area contributed by atoms with Crippen molar-refractivity contribution in [3.8, 4) is 11.3 Å². The van der Waals surface area contributed by atoms with Gasteiger partial charge in [-0.15, -0.1) is 11.8 Å². The molecule has 2 aliphatic carbocycles. The van der Waals surface area contributed by atoms with Gasteiger partial charge in [0.1, 0.15) is 5.82 Å². The molecular weight excluding hydrogens is 482 g/mol. The van der Waals surface area contributed by atoms with E-state index in [-0.39, 0.29) is 38.8 Å². The Morgan fingerprint density at radius 2 is 1.89 bits per heavy atom. The summed E-state index contributed by atoms with van der Waals surface area (Å²) < 4.78 is 61.0. The van der Waals surface area contributed by atoms with E-state index in [4.69, 9.17) is 15.5 Å². The van der Waals surface area contributed by atoms with Gasteiger partial charge in [-0.05, 0) is 43.9 Å². The van der Waals surface area contributed by atoms with Crippen LogP contribution in [0.3, 0.4) is 0 Å². The van der Waals surface area contributed by atoms with E-state index in [2.05, 4.69) is 9.97 Å². The molecule has 0 aromatic carbocycles. The molecule has 2 fully saturated rings. The van der Waals surface area contributed by atoms with Crippen LogP contribution >= 0.6 is 11.8 Å². The molecule has 1 saturated heterocycles. The zero-order valence-electron chi connectivity index (χ0n) is 19.3. The molecule has 0 spiro atoms. The predicted molar refractivity (Wildman–Crippen MR) is 128 cm³/mol. The lowest BCUT2D eigenvalue weighted by Crippen LogP contribution is -2.37. The monoisotopic (exact) mass is 509 g/mol. The molecule has 3 heterocycles. The summed E-state index contributed by atoms with van der Waals surface area (Å²) >= 11 is 1.66. The van der Waals surface area contributed by atoms with Crippen LogP contribution in [0.1, 0.15) is 43.9 Å². The van der Waals surface area contributed by atoms with E-state index < -0.39 is 11.7 Å². The summed E-state index contributed by atoms with van der Waals surface area (Å²) in [6.45, 7) is 3.95. The normalized spacial score (nSPS) is 24.3. The molecule has 0 radical (unpaired) electrons. The second-order valence-corrected chi connectivity index (χ2v) is 11.0. The standard InChI is InChI=1S/C24H27F4N5OS/c1-14-2-3-15(10-18(14)25)35-23(4-5-23)20-12-19(31-22(32-20)33-6-8-34-9-7-33)16-13-30-21(29)11-17(16)24(26,27)28/h10-15H,2-9H2,1H3,(H2,29,30)/t14-,15?/m1/s1. The number of nitrogen functional groups attached to an aromatic ring is 1. The summed E-state index contributed by atoms with van der Waals surface area (Å²) in [5.41, 5.74) is 5.39. The van der Waals surface area contributed by atoms with Gasteiger partial charge in [-0.25, -0.2) is 19.3 Å². The second kappa shape index (κ2) is 9.24. The van der Waals surface area contributed by atoms with E-state index in [1.165, 1.54) is 0 Å². The third kappa shape index (κ3) is 5.11. The molecule has 188 valence electrons. The molecule has 3 aliphatic rings. The number of allylic oxidation sites excluding steroid dienone is 1. The first-order valence-corrected chi connectivity index (χ1v) is 12.6. The maximum Gasteiger partial charge on any atom is 0.417 e. The van der Waals surface area contributed by atoms with Crippen molar-refractivity contribution < 1.29 is 22.3 Å². The van der Waals surface area contributed by atoms with Crippen molar-refractivity contribution in [1.82, 2.24) is 15.0 Å². The Kier molecular flexibility index (Phi) is 6.41. The van der Waals surface area contributed by atoms with Crippen molar-refractivity contribution >= 4 is 23.5 Å². The number of nitrogens with two attached hydrogens (primary N) is 1. The van der Waals surface area contributed by atoms with E-state index in [0.29, 0.717) is 37.9 Å². The van der Waals surface area contributed by atoms with Crippen molar-refractivity contribution in [2.45, 2.75) is 48.8 Å². The minimum absolute atomic E-state index is 0.00267. The minimum Gasteiger partial charge on any atom is -0.384 e. The number of hydrogen-bond donors (Lipinski definition) is 1. The maximum atomic E-state index is 14.3. The van der Waals surface area contributed by atoms with E-state index in [0.717, 1.165) is 37.9 Å². The van der Waals surface area contributed by atoms with Crippen molar-refractivity contribution in [2.24, 2.45) is 5.92 Å². The number of thioether (sulfide) groups is 1. The number of ether oxygens (including phenoxy) is 1. The quantitative estimate of drug-likeness (QED) is 0.545. The molecule has 11 heteroatoms. The molecular formula is C24H27F4N5OS. The molecule has 2 aromatic rings. The van der Waals surface area contributed by atoms with Crippen molar-refractivity contribution in [1.29, 1.82) is 0 Å². The van der Waals surface area contributed by atoms with Crippen LogP contribution in [0.15, 0.2) is 30.2 Å². The Morgan fingerprint density at radius 1 is 1.14 bits per heavy atom. The topological polar surface area (TPSA) is 77.2 Å². The molecule has 2 aromatic heterocycles. The molecule has 1 aliphatic heterocycles. The van der Waals surface area contributed by atoms with E-state index >= 15 is 0 Å². The van der Waals surface area contributed by atoms with Crippen LogP contribution in [0.2, 0.25) is 0 Å². The molecule has 1 saturated carbocycles. The third-order valence-electron chi connectivity index (χ3n) is 6.76. The lowest BCUT2D eigenvalue weighted by Gasteiger charge is -2.29. The highest BCUT2D eigenvalue weighted by atomic mass is 32.2. The number of halogens is 4. The maximum absolute atomic E-state index is 14.3. The van der Waals surface area contributed by atoms with E-state index in [9.17, 15) is 17.6 Å². The average Bonchev–Trinajstić information content (AvgIpc) is 3.62. The van der Waals surface area contributed by atoms with Gasteiger partial charge in [-0.1, -0.05) is 6.92 Å². The van der Waals surface area contributed by atoms with Gasteiger partial charge in [0.15, 0.2) is 0 Å². The molecule has 35 heavy (non-hydrogen) atoms. The number of anilines is 2. The van der Waals surface area contributed by atoms with Crippen molar-refractivity contribution in [3.05, 3.63) is 41.5 Å². The summed E-state index contributed by atoms with van der Waals surface area (Å²) in [7, 11) is 0. The van der Waals surface area contributed by atoms with Crippen LogP contribution in [0, 0.1) is 5.92 Å². The first-order chi connectivity index (χ1) is 16.6. The zero-order chi connectivity index (χ0) is 24.8. The van der Waals surface area contributed by atoms with Crippen LogP contribution in [0.25, 0.3) is 11.3 Å². The third-order valence-corrected chi connectivity index (χ3v) is 8.51. The SMILES string of the molecule is C[C@@H]1CCC(SC2(c3cc(-c4cnc(N)cc4C(F)(F)F)nc(N4CCOCC4)n3)CC2)C=C1F. The number of nitrogens with zero attached hydrogens (tertiary/aromatic N) is 4. The summed E-state index contributed by atoms with van der Waals surface area (Å²) in [5.74, 6) is -0.000911. The number of pyridine rings is 1. The minimum atomic E-state index is -4.62. The highest BCUT2D eigenvalue weighted by Crippen LogP contribution is 2.59. The second-order valence-electron chi connectivity index (χ2n) is 9.37. The van der Waals surface area contributed by atoms with Crippen molar-refractivity contribution in [2.75, 3.05) is 36.9 Å². The molecule has 0 amide bonds. The smallest absolute Gasteiger partial charge is 0.384 e. The largest absolute Gasteiger partial charge is 0.417 e. The predicted octanol–water partition coefficient (Wildman–Crippen LogP) is 5.35. The molecule has 6 nitrogen and oxygen atoms in total. The first kappa shape index (κ1) is 24.3. The molecule has 2 atom stereocenters. The first-order valence-electron chi connectivity index (χ1n) is 11.7. The van der Waals surface area contributed by atoms with Crippen LogP contribution in [-0.4, -0.2) is 46.5 Å². The molecule has 0 bridgehead atoms. The van der Waals surface area contributed by atoms with Crippen LogP contribution in [0.4, 0.5) is 29.3 Å². The van der Waals surface area contributed by atoms with Crippen LogP contribution < -0.4 is 10.6 Å². The van der Waals surface area contributed by atoms with Crippen molar-refractivity contribution in [3.63, 3.8) is 0 Å². The van der Waals surface area contributed by atoms with Gasteiger partial charge in [-0.2, -0.15) is 13.2 Å². The molecule has 1 unspecified atom stereocenters. The van der Waals surface area contributed by atoms with Gasteiger partial charge in [0.2, 0.25) is 5.95 Å². The van der Waals surface area contributed by atoms with Crippen LogP contribution in [0.5, 0.6) is 0 Å². The van der Waals surface area contributed by atoms with E-state index in [1.54, 1.807) is 23.9 Å². The Morgan fingerprint density at radius 3 is 2.54 bits per heavy atom. The highest BCUT2D eigenvalue weighted by Gasteiger charge is 2.49. The Hall–Kier alpha value is -2.40. The van der Waals surface area contributed by atoms with Gasteiger partial charge in [0.25, 0.3) is 0 Å². The fourth-order valence-electron chi connectivity index (χ4n) is 4.53. The summed E-state index contributed by atoms with van der Waals surface area (Å²) in [6.07, 6.45) is 1.47. The number of rotatable bonds is 5. The summed E-state index contributed by atoms with van der Waals surface area (Å²) in [4.78, 5) is 15.2. The average molecular weight is 510 g/mol. The van der Waals surface area contributed by atoms with Gasteiger partial charge >= 0.3 is 6.18 Å². The summed E-state index contributed by atoms with van der Waals surface area (Å²) in [5, 5.41) is 0.00267. The van der Waals surface area contributed by atoms with Crippen LogP contribution in [-0.2, 0) is 15.7 Å². The fraction of sp³-hybridized carbons (Fsp3) is 0.542. The Balaban J connectivity index is 1.57. The lowest BCUT2D eigenvalue weighted by atomic mass is 9.96. The molecule has 5 rings (SSSR count). The number of hydrogen-bond acceptors (Lipinski definition) is 7. The summed E-state index contributed by atoms with van der Waals surface area (Å²) in [6, 6.07) is 2.47. The number of aromatic nitrogens is 3. The number of morpholine rings is 1. The molecule has 2 N–H and O–H groups in total. The number of alkyl halides is 3. The zero-order valence-corrected chi connectivity index (χ0v) is 20.1. The fourth-order valence-corrected chi connectivity index (χ4v) is 6.12. The Labute approximate surface area is 205 Å². The Bertz CT molecular complexity index is 1130. The van der Waals surface area contributed by atoms with Gasteiger partial charge in [0.05, 0.1) is 40.7 Å². The van der Waals surface area contributed by atoms with Gasteiger partial charge < -0.3 is 15.4 Å².